The van der Waals surface area contributed by atoms with E-state index in [1.54, 1.807) is 30.3 Å². The normalized spacial score (nSPS) is 11.5. The van der Waals surface area contributed by atoms with E-state index in [0.717, 1.165) is 16.8 Å². The first-order valence-corrected chi connectivity index (χ1v) is 10.9. The lowest BCUT2D eigenvalue weighted by molar-refractivity contribution is -0.0447. The van der Waals surface area contributed by atoms with Gasteiger partial charge in [0.2, 0.25) is 0 Å². The van der Waals surface area contributed by atoms with Crippen molar-refractivity contribution in [3.05, 3.63) is 58.6 Å². The highest BCUT2D eigenvalue weighted by molar-refractivity contribution is 6.04. The van der Waals surface area contributed by atoms with Crippen LogP contribution in [0.3, 0.4) is 0 Å². The van der Waals surface area contributed by atoms with Crippen molar-refractivity contribution >= 4 is 29.1 Å². The standard InChI is InChI=1S/C24H31N5O5/c1-13-17(10-11-20(30)31)14(2)25-21(13)22(32)26-15-6-8-16(9-7-15)27-23(33)28-19-12-18(34-29-19)24(3,4)5/h6-9,12,20,25,30-31H,10-11H2,1-5H3,(H,26,32)(H2,27,28,29,33). The molecule has 0 saturated heterocycles. The number of nitrogens with zero attached hydrogens (tertiary/aromatic N) is 1. The maximum Gasteiger partial charge on any atom is 0.324 e. The smallest absolute Gasteiger partial charge is 0.324 e. The Morgan fingerprint density at radius 2 is 1.68 bits per heavy atom. The third kappa shape index (κ3) is 6.24. The van der Waals surface area contributed by atoms with Crippen molar-refractivity contribution in [3.8, 4) is 0 Å². The minimum Gasteiger partial charge on any atom is -0.368 e. The molecule has 3 amide bonds. The predicted octanol–water partition coefficient (Wildman–Crippen LogP) is 4.06. The maximum absolute atomic E-state index is 12.7. The zero-order valence-electron chi connectivity index (χ0n) is 19.9. The van der Waals surface area contributed by atoms with E-state index in [9.17, 15) is 9.59 Å². The lowest BCUT2D eigenvalue weighted by Crippen LogP contribution is -2.19. The van der Waals surface area contributed by atoms with Crippen LogP contribution in [0.4, 0.5) is 22.0 Å². The van der Waals surface area contributed by atoms with Gasteiger partial charge in [0.1, 0.15) is 11.5 Å². The molecule has 0 saturated carbocycles. The number of benzene rings is 1. The summed E-state index contributed by atoms with van der Waals surface area (Å²) in [4.78, 5) is 28.1. The van der Waals surface area contributed by atoms with Gasteiger partial charge in [0.15, 0.2) is 12.1 Å². The van der Waals surface area contributed by atoms with E-state index in [4.69, 9.17) is 14.7 Å². The minimum absolute atomic E-state index is 0.192. The maximum atomic E-state index is 12.7. The number of rotatable bonds is 7. The van der Waals surface area contributed by atoms with Crippen LogP contribution < -0.4 is 16.0 Å². The number of amides is 3. The van der Waals surface area contributed by atoms with Crippen LogP contribution in [0.1, 0.15) is 60.3 Å². The molecule has 1 aromatic carbocycles. The third-order valence-corrected chi connectivity index (χ3v) is 5.36. The van der Waals surface area contributed by atoms with Crippen molar-refractivity contribution in [3.63, 3.8) is 0 Å². The molecule has 10 nitrogen and oxygen atoms in total. The molecule has 0 radical (unpaired) electrons. The molecule has 3 rings (SSSR count). The van der Waals surface area contributed by atoms with Crippen LogP contribution in [-0.2, 0) is 11.8 Å². The summed E-state index contributed by atoms with van der Waals surface area (Å²) in [6.45, 7) is 9.62. The molecule has 2 aromatic heterocycles. The fourth-order valence-corrected chi connectivity index (χ4v) is 3.46. The molecule has 0 aliphatic carbocycles. The summed E-state index contributed by atoms with van der Waals surface area (Å²) in [5, 5.41) is 30.2. The summed E-state index contributed by atoms with van der Waals surface area (Å²) in [5.41, 5.74) is 3.77. The Morgan fingerprint density at radius 3 is 2.24 bits per heavy atom. The van der Waals surface area contributed by atoms with Gasteiger partial charge in [0.25, 0.3) is 5.91 Å². The van der Waals surface area contributed by atoms with Gasteiger partial charge in [-0.2, -0.15) is 0 Å². The van der Waals surface area contributed by atoms with Gasteiger partial charge in [-0.05, 0) is 55.7 Å². The van der Waals surface area contributed by atoms with E-state index in [1.807, 2.05) is 34.6 Å². The quantitative estimate of drug-likeness (QED) is 0.287. The molecular formula is C24H31N5O5. The second kappa shape index (κ2) is 10.1. The van der Waals surface area contributed by atoms with Gasteiger partial charge < -0.3 is 30.4 Å². The molecule has 182 valence electrons. The number of hydrogen-bond donors (Lipinski definition) is 6. The molecule has 0 fully saturated rings. The van der Waals surface area contributed by atoms with E-state index in [1.165, 1.54) is 0 Å². The topological polar surface area (TPSA) is 153 Å². The number of hydrogen-bond acceptors (Lipinski definition) is 6. The Bertz CT molecular complexity index is 1160. The lowest BCUT2D eigenvalue weighted by atomic mass is 9.93. The van der Waals surface area contributed by atoms with E-state index >= 15 is 0 Å². The molecule has 10 heteroatoms. The SMILES string of the molecule is Cc1[nH]c(C(=O)Nc2ccc(NC(=O)Nc3cc(C(C)(C)C)on3)cc2)c(C)c1CCC(O)O. The van der Waals surface area contributed by atoms with Crippen LogP contribution >= 0.6 is 0 Å². The van der Waals surface area contributed by atoms with Crippen molar-refractivity contribution in [1.29, 1.82) is 0 Å². The molecule has 0 atom stereocenters. The third-order valence-electron chi connectivity index (χ3n) is 5.36. The van der Waals surface area contributed by atoms with E-state index in [2.05, 4.69) is 26.1 Å². The molecule has 2 heterocycles. The first-order chi connectivity index (χ1) is 15.9. The van der Waals surface area contributed by atoms with E-state index in [-0.39, 0.29) is 17.7 Å². The zero-order chi connectivity index (χ0) is 25.0. The predicted molar refractivity (Wildman–Crippen MR) is 129 cm³/mol. The average molecular weight is 470 g/mol. The van der Waals surface area contributed by atoms with Gasteiger partial charge in [-0.1, -0.05) is 25.9 Å². The number of aromatic nitrogens is 2. The van der Waals surface area contributed by atoms with E-state index < -0.39 is 12.3 Å². The second-order valence-corrected chi connectivity index (χ2v) is 9.18. The van der Waals surface area contributed by atoms with Crippen LogP contribution in [0.25, 0.3) is 0 Å². The Kier molecular flexibility index (Phi) is 7.43. The summed E-state index contributed by atoms with van der Waals surface area (Å²) >= 11 is 0. The number of urea groups is 1. The molecule has 0 aliphatic heterocycles. The highest BCUT2D eigenvalue weighted by atomic mass is 16.5. The molecule has 6 N–H and O–H groups in total. The van der Waals surface area contributed by atoms with Crippen LogP contribution in [0.5, 0.6) is 0 Å². The molecule has 0 unspecified atom stereocenters. The fourth-order valence-electron chi connectivity index (χ4n) is 3.46. The van der Waals surface area contributed by atoms with Crippen molar-refractivity contribution in [2.45, 2.75) is 59.2 Å². The highest BCUT2D eigenvalue weighted by Crippen LogP contribution is 2.25. The van der Waals surface area contributed by atoms with Crippen LogP contribution in [0, 0.1) is 13.8 Å². The van der Waals surface area contributed by atoms with Crippen LogP contribution in [-0.4, -0.2) is 38.6 Å². The first-order valence-electron chi connectivity index (χ1n) is 10.9. The number of aliphatic hydroxyl groups is 2. The summed E-state index contributed by atoms with van der Waals surface area (Å²) < 4.78 is 5.25. The number of carbonyl (C=O) groups is 2. The van der Waals surface area contributed by atoms with Crippen LogP contribution in [0.2, 0.25) is 0 Å². The van der Waals surface area contributed by atoms with E-state index in [0.29, 0.717) is 35.1 Å². The fraction of sp³-hybridized carbons (Fsp3) is 0.375. The number of nitrogens with one attached hydrogen (secondary N) is 4. The number of H-pyrrole nitrogens is 1. The van der Waals surface area contributed by atoms with Gasteiger partial charge in [-0.15, -0.1) is 0 Å². The second-order valence-electron chi connectivity index (χ2n) is 9.18. The van der Waals surface area contributed by atoms with Gasteiger partial charge in [-0.25, -0.2) is 4.79 Å². The lowest BCUT2D eigenvalue weighted by Gasteiger charge is -2.12. The summed E-state index contributed by atoms with van der Waals surface area (Å²) in [6.07, 6.45) is -0.748. The minimum atomic E-state index is -1.39. The number of carbonyl (C=O) groups excluding carboxylic acids is 2. The summed E-state index contributed by atoms with van der Waals surface area (Å²) in [6, 6.07) is 7.90. The Morgan fingerprint density at radius 1 is 1.06 bits per heavy atom. The molecule has 34 heavy (non-hydrogen) atoms. The molecule has 3 aromatic rings. The van der Waals surface area contributed by atoms with Gasteiger partial charge in [0.05, 0.1) is 0 Å². The largest absolute Gasteiger partial charge is 0.368 e. The van der Waals surface area contributed by atoms with Gasteiger partial charge in [-0.3, -0.25) is 10.1 Å². The summed E-state index contributed by atoms with van der Waals surface area (Å²) in [7, 11) is 0. The molecule has 0 spiro atoms. The Balaban J connectivity index is 1.58. The summed E-state index contributed by atoms with van der Waals surface area (Å²) in [5.74, 6) is 0.667. The van der Waals surface area contributed by atoms with Crippen LogP contribution in [0.15, 0.2) is 34.9 Å². The van der Waals surface area contributed by atoms with Crippen molar-refractivity contribution in [1.82, 2.24) is 10.1 Å². The number of anilines is 3. The molecule has 0 bridgehead atoms. The van der Waals surface area contributed by atoms with Crippen molar-refractivity contribution in [2.75, 3.05) is 16.0 Å². The Hall–Kier alpha value is -3.63. The number of aromatic amines is 1. The monoisotopic (exact) mass is 469 g/mol. The molecule has 0 aliphatic rings. The Labute approximate surface area is 197 Å². The molecular weight excluding hydrogens is 438 g/mol. The van der Waals surface area contributed by atoms with Crippen molar-refractivity contribution < 1.29 is 24.3 Å². The highest BCUT2D eigenvalue weighted by Gasteiger charge is 2.21. The first kappa shape index (κ1) is 25.0. The van der Waals surface area contributed by atoms with Gasteiger partial charge >= 0.3 is 6.03 Å². The van der Waals surface area contributed by atoms with Crippen molar-refractivity contribution in [2.24, 2.45) is 0 Å². The van der Waals surface area contributed by atoms with Gasteiger partial charge in [0, 0.05) is 35.0 Å². The average Bonchev–Trinajstić information content (AvgIpc) is 3.32. The number of aliphatic hydroxyl groups excluding tert-OH is 1. The number of aryl methyl sites for hydroxylation is 1. The zero-order valence-corrected chi connectivity index (χ0v) is 19.9.